The summed E-state index contributed by atoms with van der Waals surface area (Å²) in [6.45, 7) is 9.62. The molecular weight excluding hydrogens is 168 g/mol. The number of hydrogen-bond donors (Lipinski definition) is 1. The molecule has 2 unspecified atom stereocenters. The van der Waals surface area contributed by atoms with Crippen molar-refractivity contribution in [2.75, 3.05) is 0 Å². The number of carboxylic acid groups (broad SMARTS) is 1. The quantitative estimate of drug-likeness (QED) is 0.732. The van der Waals surface area contributed by atoms with Crippen molar-refractivity contribution in [3.63, 3.8) is 0 Å². The van der Waals surface area contributed by atoms with Crippen LogP contribution in [0, 0.1) is 11.3 Å². The van der Waals surface area contributed by atoms with Crippen LogP contribution in [0.1, 0.15) is 34.6 Å². The monoisotopic (exact) mass is 186 g/mol. The van der Waals surface area contributed by atoms with E-state index in [2.05, 4.69) is 0 Å². The van der Waals surface area contributed by atoms with Gasteiger partial charge >= 0.3 is 5.97 Å². The SMILES string of the molecule is CC(C)OC1(C)C(C(=O)O)C1(C)C. The number of hydrogen-bond acceptors (Lipinski definition) is 2. The first-order valence-electron chi connectivity index (χ1n) is 4.64. The number of aliphatic carboxylic acids is 1. The first-order chi connectivity index (χ1) is 5.73. The molecule has 2 atom stereocenters. The van der Waals surface area contributed by atoms with Gasteiger partial charge in [-0.1, -0.05) is 13.8 Å². The minimum absolute atomic E-state index is 0.0774. The van der Waals surface area contributed by atoms with Gasteiger partial charge in [-0.05, 0) is 20.8 Å². The van der Waals surface area contributed by atoms with Gasteiger partial charge in [-0.25, -0.2) is 0 Å². The molecule has 1 N–H and O–H groups in total. The lowest BCUT2D eigenvalue weighted by atomic mass is 10.1. The molecule has 0 radical (unpaired) electrons. The maximum absolute atomic E-state index is 10.9. The average Bonchev–Trinajstić information content (AvgIpc) is 2.22. The molecule has 3 heteroatoms. The van der Waals surface area contributed by atoms with Crippen LogP contribution in [0.3, 0.4) is 0 Å². The highest BCUT2D eigenvalue weighted by Crippen LogP contribution is 2.64. The first kappa shape index (κ1) is 10.5. The summed E-state index contributed by atoms with van der Waals surface area (Å²) in [5.41, 5.74) is -0.740. The van der Waals surface area contributed by atoms with Crippen LogP contribution < -0.4 is 0 Å². The molecule has 0 aliphatic heterocycles. The minimum Gasteiger partial charge on any atom is -0.481 e. The predicted octanol–water partition coefficient (Wildman–Crippen LogP) is 1.91. The zero-order valence-corrected chi connectivity index (χ0v) is 8.92. The Morgan fingerprint density at radius 2 is 1.85 bits per heavy atom. The third-order valence-corrected chi connectivity index (χ3v) is 3.20. The van der Waals surface area contributed by atoms with E-state index in [1.54, 1.807) is 0 Å². The molecule has 0 aromatic rings. The summed E-state index contributed by atoms with van der Waals surface area (Å²) < 4.78 is 5.66. The van der Waals surface area contributed by atoms with E-state index in [9.17, 15) is 4.79 Å². The Balaban J connectivity index is 2.78. The minimum atomic E-state index is -0.756. The lowest BCUT2D eigenvalue weighted by molar-refractivity contribution is -0.141. The fourth-order valence-corrected chi connectivity index (χ4v) is 2.19. The highest BCUT2D eigenvalue weighted by atomic mass is 16.5. The Labute approximate surface area is 79.1 Å². The standard InChI is InChI=1S/C10H18O3/c1-6(2)13-10(5)7(8(11)12)9(10,3)4/h6-7H,1-5H3,(H,11,12). The molecule has 1 rings (SSSR count). The van der Waals surface area contributed by atoms with Crippen LogP contribution in [0.15, 0.2) is 0 Å². The molecule has 1 aliphatic rings. The molecule has 76 valence electrons. The molecule has 0 amide bonds. The van der Waals surface area contributed by atoms with E-state index < -0.39 is 11.6 Å². The van der Waals surface area contributed by atoms with Gasteiger partial charge < -0.3 is 9.84 Å². The largest absolute Gasteiger partial charge is 0.481 e. The van der Waals surface area contributed by atoms with E-state index in [1.165, 1.54) is 0 Å². The van der Waals surface area contributed by atoms with Gasteiger partial charge in [-0.3, -0.25) is 4.79 Å². The van der Waals surface area contributed by atoms with Crippen molar-refractivity contribution in [2.45, 2.75) is 46.3 Å². The van der Waals surface area contributed by atoms with Crippen molar-refractivity contribution in [3.8, 4) is 0 Å². The summed E-state index contributed by atoms with van der Waals surface area (Å²) in [6, 6.07) is 0. The van der Waals surface area contributed by atoms with E-state index in [0.29, 0.717) is 0 Å². The topological polar surface area (TPSA) is 46.5 Å². The van der Waals surface area contributed by atoms with Gasteiger partial charge in [0, 0.05) is 5.41 Å². The second-order valence-electron chi connectivity index (χ2n) is 4.77. The van der Waals surface area contributed by atoms with Crippen molar-refractivity contribution in [3.05, 3.63) is 0 Å². The van der Waals surface area contributed by atoms with Gasteiger partial charge in [0.15, 0.2) is 0 Å². The van der Waals surface area contributed by atoms with Crippen LogP contribution in [0.25, 0.3) is 0 Å². The van der Waals surface area contributed by atoms with Gasteiger partial charge in [-0.2, -0.15) is 0 Å². The predicted molar refractivity (Wildman–Crippen MR) is 49.5 cm³/mol. The molecule has 3 nitrogen and oxygen atoms in total. The molecule has 0 heterocycles. The maximum Gasteiger partial charge on any atom is 0.310 e. The Morgan fingerprint density at radius 3 is 2.08 bits per heavy atom. The second kappa shape index (κ2) is 2.71. The number of ether oxygens (including phenoxy) is 1. The Morgan fingerprint density at radius 1 is 1.38 bits per heavy atom. The molecule has 0 aromatic heterocycles. The summed E-state index contributed by atoms with van der Waals surface area (Å²) >= 11 is 0. The maximum atomic E-state index is 10.9. The summed E-state index contributed by atoms with van der Waals surface area (Å²) in [4.78, 5) is 10.9. The molecule has 0 bridgehead atoms. The highest BCUT2D eigenvalue weighted by Gasteiger charge is 2.73. The molecule has 1 fully saturated rings. The van der Waals surface area contributed by atoms with Crippen molar-refractivity contribution in [1.82, 2.24) is 0 Å². The fourth-order valence-electron chi connectivity index (χ4n) is 2.19. The molecule has 0 saturated heterocycles. The van der Waals surface area contributed by atoms with Crippen molar-refractivity contribution in [2.24, 2.45) is 11.3 Å². The zero-order chi connectivity index (χ0) is 10.4. The van der Waals surface area contributed by atoms with Gasteiger partial charge in [0.1, 0.15) is 0 Å². The van der Waals surface area contributed by atoms with Crippen LogP contribution in [-0.2, 0) is 9.53 Å². The van der Waals surface area contributed by atoms with Crippen LogP contribution in [0.4, 0.5) is 0 Å². The van der Waals surface area contributed by atoms with Crippen LogP contribution in [0.2, 0.25) is 0 Å². The Hall–Kier alpha value is -0.570. The molecule has 1 saturated carbocycles. The second-order valence-corrected chi connectivity index (χ2v) is 4.77. The normalized spacial score (nSPS) is 36.3. The average molecular weight is 186 g/mol. The Bertz CT molecular complexity index is 232. The zero-order valence-electron chi connectivity index (χ0n) is 8.92. The molecule has 0 spiro atoms. The summed E-state index contributed by atoms with van der Waals surface area (Å²) in [5, 5.41) is 8.96. The van der Waals surface area contributed by atoms with Gasteiger partial charge in [-0.15, -0.1) is 0 Å². The van der Waals surface area contributed by atoms with Gasteiger partial charge in [0.05, 0.1) is 17.6 Å². The third kappa shape index (κ3) is 1.35. The lowest BCUT2D eigenvalue weighted by Gasteiger charge is -2.18. The van der Waals surface area contributed by atoms with E-state index in [4.69, 9.17) is 9.84 Å². The third-order valence-electron chi connectivity index (χ3n) is 3.20. The van der Waals surface area contributed by atoms with Crippen LogP contribution in [-0.4, -0.2) is 22.8 Å². The number of rotatable bonds is 3. The van der Waals surface area contributed by atoms with Crippen molar-refractivity contribution in [1.29, 1.82) is 0 Å². The first-order valence-corrected chi connectivity index (χ1v) is 4.64. The highest BCUT2D eigenvalue weighted by molar-refractivity contribution is 5.77. The molecule has 0 aromatic carbocycles. The summed E-state index contributed by atoms with van der Waals surface area (Å²) in [7, 11) is 0. The molecular formula is C10H18O3. The smallest absolute Gasteiger partial charge is 0.310 e. The fraction of sp³-hybridized carbons (Fsp3) is 0.900. The van der Waals surface area contributed by atoms with Crippen molar-refractivity contribution < 1.29 is 14.6 Å². The van der Waals surface area contributed by atoms with Crippen LogP contribution in [0.5, 0.6) is 0 Å². The molecule has 1 aliphatic carbocycles. The molecule has 13 heavy (non-hydrogen) atoms. The number of carbonyl (C=O) groups is 1. The summed E-state index contributed by atoms with van der Waals surface area (Å²) in [6.07, 6.45) is 0.0774. The van der Waals surface area contributed by atoms with Crippen LogP contribution >= 0.6 is 0 Å². The van der Waals surface area contributed by atoms with Crippen molar-refractivity contribution >= 4 is 5.97 Å². The van der Waals surface area contributed by atoms with Gasteiger partial charge in [0.2, 0.25) is 0 Å². The van der Waals surface area contributed by atoms with E-state index in [0.717, 1.165) is 0 Å². The van der Waals surface area contributed by atoms with Gasteiger partial charge in [0.25, 0.3) is 0 Å². The van der Waals surface area contributed by atoms with E-state index in [1.807, 2.05) is 34.6 Å². The summed E-state index contributed by atoms with van der Waals surface area (Å²) in [5.74, 6) is -1.13. The van der Waals surface area contributed by atoms with E-state index >= 15 is 0 Å². The number of carboxylic acids is 1. The van der Waals surface area contributed by atoms with E-state index in [-0.39, 0.29) is 17.4 Å². The Kier molecular flexibility index (Phi) is 2.19. The lowest BCUT2D eigenvalue weighted by Crippen LogP contribution is -2.23.